The zero-order valence-electron chi connectivity index (χ0n) is 20.2. The lowest BCUT2D eigenvalue weighted by molar-refractivity contribution is -0.274. The number of carbonyl (C=O) groups is 1. The Bertz CT molecular complexity index is 1250. The van der Waals surface area contributed by atoms with Gasteiger partial charge in [0.05, 0.1) is 0 Å². The number of fused-ring (bicyclic) bond motifs is 1. The van der Waals surface area contributed by atoms with Gasteiger partial charge in [0.25, 0.3) is 0 Å². The van der Waals surface area contributed by atoms with Gasteiger partial charge >= 0.3 is 12.3 Å². The molecule has 0 bridgehead atoms. The average Bonchev–Trinajstić information content (AvgIpc) is 3.07. The third-order valence-corrected chi connectivity index (χ3v) is 6.37. The second kappa shape index (κ2) is 9.59. The van der Waals surface area contributed by atoms with Gasteiger partial charge in [0, 0.05) is 23.7 Å². The number of ether oxygens (including phenoxy) is 1. The molecule has 1 aromatic carbocycles. The maximum absolute atomic E-state index is 14.9. The van der Waals surface area contributed by atoms with Gasteiger partial charge in [-0.15, -0.1) is 13.2 Å². The molecule has 1 saturated carbocycles. The van der Waals surface area contributed by atoms with Crippen LogP contribution in [0.2, 0.25) is 0 Å². The zero-order valence-corrected chi connectivity index (χ0v) is 20.2. The summed E-state index contributed by atoms with van der Waals surface area (Å²) in [6, 6.07) is 6.73. The molecule has 0 amide bonds. The monoisotopic (exact) mass is 508 g/mol. The first-order valence-corrected chi connectivity index (χ1v) is 11.7. The van der Waals surface area contributed by atoms with Gasteiger partial charge in [0.1, 0.15) is 11.3 Å². The minimum absolute atomic E-state index is 0.0200. The van der Waals surface area contributed by atoms with Crippen LogP contribution in [0.15, 0.2) is 30.3 Å². The van der Waals surface area contributed by atoms with Crippen LogP contribution in [0.1, 0.15) is 58.1 Å². The van der Waals surface area contributed by atoms with E-state index in [1.54, 1.807) is 0 Å². The van der Waals surface area contributed by atoms with Gasteiger partial charge in [-0.25, -0.2) is 4.98 Å². The van der Waals surface area contributed by atoms with Crippen molar-refractivity contribution in [3.05, 3.63) is 41.8 Å². The molecule has 0 saturated heterocycles. The number of benzene rings is 1. The number of alkyl halides is 3. The van der Waals surface area contributed by atoms with E-state index in [-0.39, 0.29) is 35.6 Å². The van der Waals surface area contributed by atoms with E-state index in [9.17, 15) is 22.4 Å². The van der Waals surface area contributed by atoms with Crippen molar-refractivity contribution < 1.29 is 32.2 Å². The predicted molar refractivity (Wildman–Crippen MR) is 126 cm³/mol. The number of carboxylic acids is 1. The molecule has 0 radical (unpaired) electrons. The fraction of sp³-hybridized carbons (Fsp3) is 0.480. The van der Waals surface area contributed by atoms with Crippen LogP contribution in [0.5, 0.6) is 5.75 Å². The van der Waals surface area contributed by atoms with Crippen molar-refractivity contribution in [2.75, 3.05) is 5.32 Å². The number of nitrogens with zero attached hydrogens (tertiary/aromatic N) is 3. The number of anilines is 2. The van der Waals surface area contributed by atoms with Gasteiger partial charge in [-0.3, -0.25) is 9.36 Å². The first kappa shape index (κ1) is 25.7. The van der Waals surface area contributed by atoms with Crippen LogP contribution in [-0.2, 0) is 11.2 Å². The molecule has 36 heavy (non-hydrogen) atoms. The van der Waals surface area contributed by atoms with Crippen molar-refractivity contribution in [3.8, 4) is 5.75 Å². The summed E-state index contributed by atoms with van der Waals surface area (Å²) in [5.41, 5.74) is 1.41. The molecule has 4 rings (SSSR count). The molecule has 2 atom stereocenters. The number of hydrogen-bond acceptors (Lipinski definition) is 5. The number of aliphatic carboxylic acids is 1. The van der Waals surface area contributed by atoms with Gasteiger partial charge in [0.15, 0.2) is 5.65 Å². The number of carboxylic acid groups (broad SMARTS) is 1. The van der Waals surface area contributed by atoms with Crippen LogP contribution in [0.4, 0.5) is 29.2 Å². The molecule has 0 aliphatic heterocycles. The third kappa shape index (κ3) is 6.06. The highest BCUT2D eigenvalue weighted by atomic mass is 19.4. The largest absolute Gasteiger partial charge is 0.573 e. The van der Waals surface area contributed by atoms with Crippen molar-refractivity contribution >= 4 is 28.8 Å². The van der Waals surface area contributed by atoms with Crippen LogP contribution in [0.3, 0.4) is 0 Å². The molecule has 1 aliphatic carbocycles. The third-order valence-electron chi connectivity index (χ3n) is 6.37. The van der Waals surface area contributed by atoms with E-state index in [1.807, 2.05) is 4.57 Å². The number of halogens is 4. The number of pyridine rings is 1. The lowest BCUT2D eigenvalue weighted by Crippen LogP contribution is -2.30. The maximum atomic E-state index is 14.9. The molecule has 11 heteroatoms. The lowest BCUT2D eigenvalue weighted by Gasteiger charge is -2.40. The molecule has 2 aromatic heterocycles. The van der Waals surface area contributed by atoms with Crippen LogP contribution in [0.25, 0.3) is 11.2 Å². The summed E-state index contributed by atoms with van der Waals surface area (Å²) in [4.78, 5) is 19.8. The Morgan fingerprint density at radius 2 is 1.92 bits per heavy atom. The van der Waals surface area contributed by atoms with Gasteiger partial charge in [-0.05, 0) is 67.3 Å². The first-order chi connectivity index (χ1) is 16.8. The fourth-order valence-electron chi connectivity index (χ4n) is 5.25. The van der Waals surface area contributed by atoms with Gasteiger partial charge in [-0.2, -0.15) is 9.37 Å². The Labute approximate surface area is 205 Å². The fourth-order valence-corrected chi connectivity index (χ4v) is 5.25. The Morgan fingerprint density at radius 1 is 1.22 bits per heavy atom. The maximum Gasteiger partial charge on any atom is 0.573 e. The quantitative estimate of drug-likeness (QED) is 0.276. The Morgan fingerprint density at radius 3 is 2.53 bits per heavy atom. The van der Waals surface area contributed by atoms with E-state index < -0.39 is 18.3 Å². The number of rotatable bonds is 7. The molecular weight excluding hydrogens is 480 g/mol. The van der Waals surface area contributed by atoms with Crippen molar-refractivity contribution in [2.24, 2.45) is 11.3 Å². The summed E-state index contributed by atoms with van der Waals surface area (Å²) in [5.74, 6) is -1.35. The number of aromatic nitrogens is 3. The highest BCUT2D eigenvalue weighted by Gasteiger charge is 2.35. The number of nitrogens with one attached hydrogen (secondary N) is 1. The Kier molecular flexibility index (Phi) is 6.85. The molecule has 7 nitrogen and oxygen atoms in total. The summed E-state index contributed by atoms with van der Waals surface area (Å²) in [7, 11) is 0. The minimum atomic E-state index is -4.79. The highest BCUT2D eigenvalue weighted by Crippen LogP contribution is 2.46. The van der Waals surface area contributed by atoms with Crippen LogP contribution in [0, 0.1) is 17.3 Å². The Hall–Kier alpha value is -3.37. The van der Waals surface area contributed by atoms with Crippen molar-refractivity contribution in [3.63, 3.8) is 0 Å². The standard InChI is InChI=1S/C25H28F4N4O3/c1-14-10-17(13-24(2,3)12-14)33-22-19(11-15(21(26)32-22)4-9-20(34)35)31-23(33)30-16-5-7-18(8-6-16)36-25(27,28)29/h5-8,11,14,17H,4,9-10,12-13H2,1-3H3,(H,30,31)(H,34,35). The van der Waals surface area contributed by atoms with Crippen molar-refractivity contribution in [1.29, 1.82) is 0 Å². The smallest absolute Gasteiger partial charge is 0.481 e. The molecule has 194 valence electrons. The molecule has 2 heterocycles. The topological polar surface area (TPSA) is 89.3 Å². The number of imidazole rings is 1. The average molecular weight is 509 g/mol. The molecule has 0 spiro atoms. The second-order valence-electron chi connectivity index (χ2n) is 10.2. The highest BCUT2D eigenvalue weighted by molar-refractivity contribution is 5.77. The second-order valence-corrected chi connectivity index (χ2v) is 10.2. The minimum Gasteiger partial charge on any atom is -0.481 e. The lowest BCUT2D eigenvalue weighted by atomic mass is 9.70. The molecule has 2 N–H and O–H groups in total. The summed E-state index contributed by atoms with van der Waals surface area (Å²) < 4.78 is 58.2. The van der Waals surface area contributed by atoms with Crippen molar-refractivity contribution in [2.45, 2.75) is 65.3 Å². The normalized spacial score (nSPS) is 19.9. The van der Waals surface area contributed by atoms with Gasteiger partial charge in [0.2, 0.25) is 11.9 Å². The SMILES string of the molecule is CC1CC(n2c(Nc3ccc(OC(F)(F)F)cc3)nc3cc(CCC(=O)O)c(F)nc32)CC(C)(C)C1. The van der Waals surface area contributed by atoms with Crippen LogP contribution < -0.4 is 10.1 Å². The number of hydrogen-bond donors (Lipinski definition) is 2. The molecule has 3 aromatic rings. The van der Waals surface area contributed by atoms with E-state index in [0.29, 0.717) is 28.7 Å². The summed E-state index contributed by atoms with van der Waals surface area (Å²) in [6.07, 6.45) is -2.38. The molecule has 1 aliphatic rings. The van der Waals surface area contributed by atoms with Crippen molar-refractivity contribution in [1.82, 2.24) is 14.5 Å². The molecule has 2 unspecified atom stereocenters. The van der Waals surface area contributed by atoms with Crippen LogP contribution in [-0.4, -0.2) is 32.0 Å². The van der Waals surface area contributed by atoms with Crippen LogP contribution >= 0.6 is 0 Å². The first-order valence-electron chi connectivity index (χ1n) is 11.7. The molecule has 1 fully saturated rings. The predicted octanol–water partition coefficient (Wildman–Crippen LogP) is 6.62. The van der Waals surface area contributed by atoms with E-state index in [0.717, 1.165) is 19.3 Å². The zero-order chi connectivity index (χ0) is 26.3. The molecular formula is C25H28F4N4O3. The van der Waals surface area contributed by atoms with E-state index in [4.69, 9.17) is 5.11 Å². The van der Waals surface area contributed by atoms with Gasteiger partial charge < -0.3 is 15.2 Å². The van der Waals surface area contributed by atoms with E-state index >= 15 is 0 Å². The van der Waals surface area contributed by atoms with E-state index in [2.05, 4.69) is 40.8 Å². The summed E-state index contributed by atoms with van der Waals surface area (Å²) in [5, 5.41) is 12.1. The van der Waals surface area contributed by atoms with E-state index in [1.165, 1.54) is 30.3 Å². The summed E-state index contributed by atoms with van der Waals surface area (Å²) >= 11 is 0. The Balaban J connectivity index is 1.74. The van der Waals surface area contributed by atoms with Gasteiger partial charge in [-0.1, -0.05) is 20.8 Å². The number of aryl methyl sites for hydroxylation is 1. The summed E-state index contributed by atoms with van der Waals surface area (Å²) in [6.45, 7) is 6.52.